The highest BCUT2D eigenvalue weighted by Gasteiger charge is 2.23. The number of amides is 3. The van der Waals surface area contributed by atoms with Crippen LogP contribution in [0.15, 0.2) is 42.5 Å². The van der Waals surface area contributed by atoms with Gasteiger partial charge in [0.25, 0.3) is 5.91 Å². The molecule has 1 heterocycles. The summed E-state index contributed by atoms with van der Waals surface area (Å²) < 4.78 is 0. The average Bonchev–Trinajstić information content (AvgIpc) is 2.59. The summed E-state index contributed by atoms with van der Waals surface area (Å²) in [7, 11) is 0. The van der Waals surface area contributed by atoms with Crippen LogP contribution in [0.25, 0.3) is 0 Å². The predicted molar refractivity (Wildman–Crippen MR) is 94.0 cm³/mol. The van der Waals surface area contributed by atoms with Gasteiger partial charge in [-0.25, -0.2) is 4.79 Å². The van der Waals surface area contributed by atoms with Gasteiger partial charge in [0.05, 0.1) is 0 Å². The second kappa shape index (κ2) is 6.74. The summed E-state index contributed by atoms with van der Waals surface area (Å²) in [5, 5.41) is 2.54. The zero-order valence-electron chi connectivity index (χ0n) is 13.7. The quantitative estimate of drug-likeness (QED) is 0.911. The number of urea groups is 1. The Morgan fingerprint density at radius 2 is 1.92 bits per heavy atom. The second-order valence-electron chi connectivity index (χ2n) is 6.11. The largest absolute Gasteiger partial charge is 0.352 e. The summed E-state index contributed by atoms with van der Waals surface area (Å²) in [5.74, 6) is 0.00853. The van der Waals surface area contributed by atoms with Crippen LogP contribution in [0, 0.1) is 6.92 Å². The Morgan fingerprint density at radius 3 is 2.62 bits per heavy atom. The lowest BCUT2D eigenvalue weighted by molar-refractivity contribution is 0.0985. The monoisotopic (exact) mass is 323 g/mol. The molecule has 0 aromatic heterocycles. The first kappa shape index (κ1) is 16.1. The Hall–Kier alpha value is -2.82. The van der Waals surface area contributed by atoms with Crippen LogP contribution in [0.2, 0.25) is 0 Å². The van der Waals surface area contributed by atoms with Crippen LogP contribution < -0.4 is 16.0 Å². The molecular weight excluding hydrogens is 302 g/mol. The summed E-state index contributed by atoms with van der Waals surface area (Å²) in [6.45, 7) is 3.16. The first-order valence-electron chi connectivity index (χ1n) is 8.08. The van der Waals surface area contributed by atoms with E-state index in [-0.39, 0.29) is 5.91 Å². The number of rotatable bonds is 3. The van der Waals surface area contributed by atoms with Crippen LogP contribution in [0.3, 0.4) is 0 Å². The highest BCUT2D eigenvalue weighted by molar-refractivity contribution is 6.06. The highest BCUT2D eigenvalue weighted by Crippen LogP contribution is 2.29. The van der Waals surface area contributed by atoms with Crippen LogP contribution in [0.5, 0.6) is 0 Å². The van der Waals surface area contributed by atoms with Gasteiger partial charge in [0.15, 0.2) is 0 Å². The molecule has 3 amide bonds. The molecule has 1 aliphatic rings. The third-order valence-electron chi connectivity index (χ3n) is 4.27. The van der Waals surface area contributed by atoms with Gasteiger partial charge in [0.2, 0.25) is 0 Å². The van der Waals surface area contributed by atoms with Crippen LogP contribution >= 0.6 is 0 Å². The number of nitrogens with two attached hydrogens (primary N) is 1. The Labute approximate surface area is 141 Å². The minimum Gasteiger partial charge on any atom is -0.352 e. The minimum atomic E-state index is -0.560. The lowest BCUT2D eigenvalue weighted by Gasteiger charge is -2.30. The molecule has 0 bridgehead atoms. The zero-order chi connectivity index (χ0) is 17.1. The molecule has 0 atom stereocenters. The molecule has 0 radical (unpaired) electrons. The van der Waals surface area contributed by atoms with E-state index >= 15 is 0 Å². The van der Waals surface area contributed by atoms with E-state index in [2.05, 4.69) is 18.3 Å². The molecular formula is C19H21N3O2. The van der Waals surface area contributed by atoms with E-state index in [1.165, 1.54) is 11.1 Å². The third-order valence-corrected chi connectivity index (χ3v) is 4.27. The number of carbonyl (C=O) groups is 2. The molecule has 2 aromatic rings. The van der Waals surface area contributed by atoms with E-state index < -0.39 is 6.03 Å². The molecule has 0 spiro atoms. The van der Waals surface area contributed by atoms with Gasteiger partial charge in [-0.1, -0.05) is 29.8 Å². The number of primary amides is 1. The van der Waals surface area contributed by atoms with Gasteiger partial charge in [-0.05, 0) is 49.1 Å². The number of hydrogen-bond acceptors (Lipinski definition) is 2. The van der Waals surface area contributed by atoms with Gasteiger partial charge in [-0.15, -0.1) is 0 Å². The van der Waals surface area contributed by atoms with Crippen molar-refractivity contribution in [2.75, 3.05) is 11.4 Å². The molecule has 124 valence electrons. The van der Waals surface area contributed by atoms with Gasteiger partial charge in [-0.2, -0.15) is 0 Å². The van der Waals surface area contributed by atoms with E-state index in [1.54, 1.807) is 12.1 Å². The second-order valence-corrected chi connectivity index (χ2v) is 6.11. The number of benzene rings is 2. The first-order chi connectivity index (χ1) is 11.5. The topological polar surface area (TPSA) is 75.4 Å². The average molecular weight is 323 g/mol. The number of aryl methyl sites for hydroxylation is 2. The summed E-state index contributed by atoms with van der Waals surface area (Å²) in [5.41, 5.74) is 10.1. The van der Waals surface area contributed by atoms with E-state index in [4.69, 9.17) is 5.73 Å². The van der Waals surface area contributed by atoms with Crippen LogP contribution in [-0.2, 0) is 13.0 Å². The lowest BCUT2D eigenvalue weighted by Crippen LogP contribution is -2.35. The van der Waals surface area contributed by atoms with Gasteiger partial charge < -0.3 is 16.0 Å². The lowest BCUT2D eigenvalue weighted by atomic mass is 9.98. The smallest absolute Gasteiger partial charge is 0.312 e. The third kappa shape index (κ3) is 3.40. The molecule has 0 saturated carbocycles. The van der Waals surface area contributed by atoms with Gasteiger partial charge >= 0.3 is 6.03 Å². The zero-order valence-corrected chi connectivity index (χ0v) is 13.7. The molecule has 2 aromatic carbocycles. The van der Waals surface area contributed by atoms with E-state index in [0.29, 0.717) is 12.1 Å². The number of nitrogens with zero attached hydrogens (tertiary/aromatic N) is 1. The minimum absolute atomic E-state index is 0.00853. The molecule has 5 heteroatoms. The van der Waals surface area contributed by atoms with Crippen molar-refractivity contribution in [3.8, 4) is 0 Å². The van der Waals surface area contributed by atoms with E-state index in [0.717, 1.165) is 30.6 Å². The van der Waals surface area contributed by atoms with Crippen LogP contribution in [0.1, 0.15) is 33.5 Å². The summed E-state index contributed by atoms with van der Waals surface area (Å²) in [4.78, 5) is 25.5. The maximum Gasteiger partial charge on any atom is 0.312 e. The normalized spacial score (nSPS) is 13.3. The summed E-state index contributed by atoms with van der Waals surface area (Å²) in [6, 6.07) is 12.9. The standard InChI is InChI=1S/C19H21N3O2/c1-13-4-9-17-16(11-13)3-2-10-22(17)18(23)15-7-5-14(6-8-15)12-21-19(20)24/h4-9,11H,2-3,10,12H2,1H3,(H3,20,21,24). The maximum atomic E-state index is 12.9. The summed E-state index contributed by atoms with van der Waals surface area (Å²) >= 11 is 0. The van der Waals surface area contributed by atoms with Gasteiger partial charge in [0, 0.05) is 24.3 Å². The first-order valence-corrected chi connectivity index (χ1v) is 8.08. The predicted octanol–water partition coefficient (Wildman–Crippen LogP) is 2.76. The fourth-order valence-electron chi connectivity index (χ4n) is 3.05. The fourth-order valence-corrected chi connectivity index (χ4v) is 3.05. The number of carbonyl (C=O) groups excluding carboxylic acids is 2. The molecule has 0 saturated heterocycles. The van der Waals surface area contributed by atoms with Crippen molar-refractivity contribution in [2.24, 2.45) is 5.73 Å². The van der Waals surface area contributed by atoms with E-state index in [1.807, 2.05) is 29.2 Å². The number of hydrogen-bond donors (Lipinski definition) is 2. The van der Waals surface area contributed by atoms with Crippen LogP contribution in [-0.4, -0.2) is 18.5 Å². The SMILES string of the molecule is Cc1ccc2c(c1)CCCN2C(=O)c1ccc(CNC(N)=O)cc1. The Balaban J connectivity index is 1.79. The molecule has 24 heavy (non-hydrogen) atoms. The van der Waals surface area contributed by atoms with Gasteiger partial charge in [-0.3, -0.25) is 4.79 Å². The molecule has 0 fully saturated rings. The maximum absolute atomic E-state index is 12.9. The van der Waals surface area contributed by atoms with Crippen molar-refractivity contribution >= 4 is 17.6 Å². The fraction of sp³-hybridized carbons (Fsp3) is 0.263. The molecule has 3 rings (SSSR count). The number of nitrogens with one attached hydrogen (secondary N) is 1. The van der Waals surface area contributed by atoms with Crippen molar-refractivity contribution in [3.05, 3.63) is 64.7 Å². The van der Waals surface area contributed by atoms with Crippen molar-refractivity contribution in [3.63, 3.8) is 0 Å². The Bertz CT molecular complexity index is 769. The van der Waals surface area contributed by atoms with Gasteiger partial charge in [0.1, 0.15) is 0 Å². The number of anilines is 1. The van der Waals surface area contributed by atoms with Crippen LogP contribution in [0.4, 0.5) is 10.5 Å². The Morgan fingerprint density at radius 1 is 1.17 bits per heavy atom. The van der Waals surface area contributed by atoms with Crippen molar-refractivity contribution in [2.45, 2.75) is 26.3 Å². The van der Waals surface area contributed by atoms with Crippen molar-refractivity contribution < 1.29 is 9.59 Å². The highest BCUT2D eigenvalue weighted by atomic mass is 16.2. The molecule has 1 aliphatic heterocycles. The molecule has 0 aliphatic carbocycles. The Kier molecular flexibility index (Phi) is 4.51. The summed E-state index contributed by atoms with van der Waals surface area (Å²) in [6.07, 6.45) is 1.99. The van der Waals surface area contributed by atoms with Crippen molar-refractivity contribution in [1.29, 1.82) is 0 Å². The van der Waals surface area contributed by atoms with Crippen molar-refractivity contribution in [1.82, 2.24) is 5.32 Å². The molecule has 3 N–H and O–H groups in total. The van der Waals surface area contributed by atoms with E-state index in [9.17, 15) is 9.59 Å². The number of fused-ring (bicyclic) bond motifs is 1. The molecule has 5 nitrogen and oxygen atoms in total. The molecule has 0 unspecified atom stereocenters.